The molecule has 24 heavy (non-hydrogen) atoms. The lowest BCUT2D eigenvalue weighted by Gasteiger charge is -2.35. The van der Waals surface area contributed by atoms with Crippen molar-refractivity contribution in [3.05, 3.63) is 35.4 Å². The highest BCUT2D eigenvalue weighted by atomic mass is 16.2. The van der Waals surface area contributed by atoms with Crippen molar-refractivity contribution in [3.63, 3.8) is 0 Å². The van der Waals surface area contributed by atoms with Crippen LogP contribution in [0.2, 0.25) is 0 Å². The Labute approximate surface area is 144 Å². The lowest BCUT2D eigenvalue weighted by Crippen LogP contribution is -2.49. The fourth-order valence-corrected chi connectivity index (χ4v) is 3.96. The molecule has 0 bridgehead atoms. The zero-order valence-corrected chi connectivity index (χ0v) is 15.3. The second kappa shape index (κ2) is 5.91. The third kappa shape index (κ3) is 2.72. The zero-order chi connectivity index (χ0) is 17.5. The SMILES string of the molecule is CN1C(=O)N(Cc2ccc(C(C)(C)C)cc2)C(=O)C12CCCCC2. The molecule has 4 nitrogen and oxygen atoms in total. The summed E-state index contributed by atoms with van der Waals surface area (Å²) in [5.74, 6) is -0.00500. The Balaban J connectivity index is 1.80. The summed E-state index contributed by atoms with van der Waals surface area (Å²) in [7, 11) is 1.79. The van der Waals surface area contributed by atoms with E-state index in [9.17, 15) is 9.59 Å². The Hall–Kier alpha value is -1.84. The number of hydrogen-bond acceptors (Lipinski definition) is 2. The van der Waals surface area contributed by atoms with E-state index in [4.69, 9.17) is 0 Å². The first kappa shape index (κ1) is 17.0. The summed E-state index contributed by atoms with van der Waals surface area (Å²) in [6.07, 6.45) is 4.81. The van der Waals surface area contributed by atoms with Crippen molar-refractivity contribution in [2.75, 3.05) is 7.05 Å². The highest BCUT2D eigenvalue weighted by molar-refractivity contribution is 6.06. The normalized spacial score (nSPS) is 21.0. The van der Waals surface area contributed by atoms with Crippen LogP contribution in [0.15, 0.2) is 24.3 Å². The zero-order valence-electron chi connectivity index (χ0n) is 15.3. The predicted octanol–water partition coefficient (Wildman–Crippen LogP) is 4.08. The van der Waals surface area contributed by atoms with E-state index in [0.29, 0.717) is 6.54 Å². The van der Waals surface area contributed by atoms with Gasteiger partial charge in [0.05, 0.1) is 6.54 Å². The largest absolute Gasteiger partial charge is 0.327 e. The maximum Gasteiger partial charge on any atom is 0.327 e. The van der Waals surface area contributed by atoms with Gasteiger partial charge < -0.3 is 4.90 Å². The van der Waals surface area contributed by atoms with Crippen molar-refractivity contribution >= 4 is 11.9 Å². The van der Waals surface area contributed by atoms with Crippen LogP contribution in [0, 0.1) is 0 Å². The summed E-state index contributed by atoms with van der Waals surface area (Å²) < 4.78 is 0. The van der Waals surface area contributed by atoms with Gasteiger partial charge in [-0.3, -0.25) is 9.69 Å². The predicted molar refractivity (Wildman–Crippen MR) is 94.7 cm³/mol. The number of likely N-dealkylation sites (N-methyl/N-ethyl adjacent to an activating group) is 1. The van der Waals surface area contributed by atoms with Crippen LogP contribution in [0.25, 0.3) is 0 Å². The smallest absolute Gasteiger partial charge is 0.313 e. The van der Waals surface area contributed by atoms with Gasteiger partial charge in [0.1, 0.15) is 5.54 Å². The number of benzene rings is 1. The maximum atomic E-state index is 13.0. The molecule has 3 rings (SSSR count). The summed E-state index contributed by atoms with van der Waals surface area (Å²) in [5, 5.41) is 0. The highest BCUT2D eigenvalue weighted by Gasteiger charge is 2.55. The third-order valence-corrected chi connectivity index (χ3v) is 5.64. The van der Waals surface area contributed by atoms with Gasteiger partial charge in [0.2, 0.25) is 0 Å². The number of hydrogen-bond donors (Lipinski definition) is 0. The van der Waals surface area contributed by atoms with Crippen molar-refractivity contribution in [1.29, 1.82) is 0 Å². The third-order valence-electron chi connectivity index (χ3n) is 5.64. The van der Waals surface area contributed by atoms with E-state index in [1.165, 1.54) is 10.5 Å². The first-order chi connectivity index (χ1) is 11.3. The van der Waals surface area contributed by atoms with Crippen molar-refractivity contribution < 1.29 is 9.59 Å². The van der Waals surface area contributed by atoms with Gasteiger partial charge in [-0.1, -0.05) is 64.3 Å². The Morgan fingerprint density at radius 2 is 1.58 bits per heavy atom. The second-order valence-corrected chi connectivity index (χ2v) is 8.27. The number of carbonyl (C=O) groups excluding carboxylic acids is 2. The quantitative estimate of drug-likeness (QED) is 0.768. The molecular weight excluding hydrogens is 300 g/mol. The lowest BCUT2D eigenvalue weighted by molar-refractivity contribution is -0.134. The molecule has 2 fully saturated rings. The van der Waals surface area contributed by atoms with E-state index in [1.54, 1.807) is 11.9 Å². The minimum Gasteiger partial charge on any atom is -0.313 e. The van der Waals surface area contributed by atoms with E-state index in [1.807, 2.05) is 12.1 Å². The average molecular weight is 328 g/mol. The van der Waals surface area contributed by atoms with Crippen molar-refractivity contribution in [3.8, 4) is 0 Å². The van der Waals surface area contributed by atoms with Crippen LogP contribution in [-0.4, -0.2) is 34.3 Å². The van der Waals surface area contributed by atoms with Gasteiger partial charge in [0, 0.05) is 7.05 Å². The molecule has 0 atom stereocenters. The van der Waals surface area contributed by atoms with Crippen LogP contribution >= 0.6 is 0 Å². The molecule has 1 aliphatic carbocycles. The molecule has 4 heteroatoms. The first-order valence-corrected chi connectivity index (χ1v) is 8.95. The molecule has 0 unspecified atom stereocenters. The summed E-state index contributed by atoms with van der Waals surface area (Å²) in [6, 6.07) is 8.11. The first-order valence-electron chi connectivity index (χ1n) is 8.95. The van der Waals surface area contributed by atoms with Gasteiger partial charge in [0.15, 0.2) is 0 Å². The van der Waals surface area contributed by atoms with E-state index in [-0.39, 0.29) is 17.4 Å². The van der Waals surface area contributed by atoms with Crippen LogP contribution in [0.5, 0.6) is 0 Å². The summed E-state index contributed by atoms with van der Waals surface area (Å²) in [4.78, 5) is 28.8. The van der Waals surface area contributed by atoms with Crippen LogP contribution in [0.1, 0.15) is 64.0 Å². The fourth-order valence-electron chi connectivity index (χ4n) is 3.96. The van der Waals surface area contributed by atoms with E-state index >= 15 is 0 Å². The molecule has 0 radical (unpaired) electrons. The van der Waals surface area contributed by atoms with Gasteiger partial charge in [-0.05, 0) is 29.4 Å². The summed E-state index contributed by atoms with van der Waals surface area (Å²) in [5.41, 5.74) is 1.78. The monoisotopic (exact) mass is 328 g/mol. The molecule has 0 N–H and O–H groups in total. The molecule has 1 heterocycles. The molecule has 1 aromatic carbocycles. The second-order valence-electron chi connectivity index (χ2n) is 8.27. The minimum atomic E-state index is -0.583. The molecule has 1 aromatic rings. The highest BCUT2D eigenvalue weighted by Crippen LogP contribution is 2.40. The van der Waals surface area contributed by atoms with Crippen molar-refractivity contribution in [2.24, 2.45) is 0 Å². The number of imide groups is 1. The number of nitrogens with zero attached hydrogens (tertiary/aromatic N) is 2. The Kier molecular flexibility index (Phi) is 4.18. The van der Waals surface area contributed by atoms with Gasteiger partial charge >= 0.3 is 6.03 Å². The van der Waals surface area contributed by atoms with E-state index < -0.39 is 5.54 Å². The molecule has 1 saturated carbocycles. The lowest BCUT2D eigenvalue weighted by atomic mass is 9.80. The molecule has 3 amide bonds. The van der Waals surface area contributed by atoms with Crippen molar-refractivity contribution in [1.82, 2.24) is 9.80 Å². The number of urea groups is 1. The summed E-state index contributed by atoms with van der Waals surface area (Å²) in [6.45, 7) is 6.90. The van der Waals surface area contributed by atoms with E-state index in [2.05, 4.69) is 32.9 Å². The standard InChI is InChI=1S/C20H28N2O2/c1-19(2,3)16-10-8-15(9-11-16)14-22-17(23)20(21(4)18(22)24)12-6-5-7-13-20/h8-11H,5-7,12-14H2,1-4H3. The van der Waals surface area contributed by atoms with E-state index in [0.717, 1.165) is 37.7 Å². The van der Waals surface area contributed by atoms with Crippen LogP contribution in [0.4, 0.5) is 4.79 Å². The molecule has 1 aliphatic heterocycles. The molecule has 2 aliphatic rings. The average Bonchev–Trinajstić information content (AvgIpc) is 2.72. The number of amides is 3. The Morgan fingerprint density at radius 3 is 2.12 bits per heavy atom. The topological polar surface area (TPSA) is 40.6 Å². The molecule has 130 valence electrons. The molecule has 0 aromatic heterocycles. The molecular formula is C20H28N2O2. The maximum absolute atomic E-state index is 13.0. The van der Waals surface area contributed by atoms with Crippen LogP contribution in [-0.2, 0) is 16.8 Å². The minimum absolute atomic E-state index is 0.00500. The number of carbonyl (C=O) groups is 2. The van der Waals surface area contributed by atoms with Gasteiger partial charge in [0.25, 0.3) is 5.91 Å². The van der Waals surface area contributed by atoms with Crippen molar-refractivity contribution in [2.45, 2.75) is 70.4 Å². The fraction of sp³-hybridized carbons (Fsp3) is 0.600. The van der Waals surface area contributed by atoms with Gasteiger partial charge in [-0.25, -0.2) is 4.79 Å². The van der Waals surface area contributed by atoms with Crippen LogP contribution in [0.3, 0.4) is 0 Å². The molecule has 1 saturated heterocycles. The van der Waals surface area contributed by atoms with Crippen LogP contribution < -0.4 is 0 Å². The Bertz CT molecular complexity index is 637. The summed E-state index contributed by atoms with van der Waals surface area (Å²) >= 11 is 0. The Morgan fingerprint density at radius 1 is 1.00 bits per heavy atom. The molecule has 1 spiro atoms. The van der Waals surface area contributed by atoms with Gasteiger partial charge in [-0.15, -0.1) is 0 Å². The van der Waals surface area contributed by atoms with Gasteiger partial charge in [-0.2, -0.15) is 0 Å². The number of rotatable bonds is 2.